The molecule has 0 saturated heterocycles. The molecule has 0 aliphatic carbocycles. The highest BCUT2D eigenvalue weighted by Gasteiger charge is 2.36. The second-order valence-corrected chi connectivity index (χ2v) is 9.44. The topological polar surface area (TPSA) is 98.2 Å². The highest BCUT2D eigenvalue weighted by Crippen LogP contribution is 2.39. The number of para-hydroxylation sites is 1. The monoisotopic (exact) mass is 460 g/mol. The van der Waals surface area contributed by atoms with Crippen molar-refractivity contribution >= 4 is 16.6 Å². The second-order valence-electron chi connectivity index (χ2n) is 9.44. The van der Waals surface area contributed by atoms with E-state index in [-0.39, 0.29) is 11.1 Å². The molecule has 1 N–H and O–H groups in total. The molecule has 0 spiro atoms. The smallest absolute Gasteiger partial charge is 0.254 e. The molecule has 0 fully saturated rings. The van der Waals surface area contributed by atoms with Crippen molar-refractivity contribution in [2.24, 2.45) is 0 Å². The molecule has 4 aromatic rings. The van der Waals surface area contributed by atoms with E-state index >= 15 is 0 Å². The van der Waals surface area contributed by atoms with Crippen LogP contribution in [0.5, 0.6) is 11.5 Å². The molecular weight excluding hydrogens is 432 g/mol. The van der Waals surface area contributed by atoms with Gasteiger partial charge in [0.05, 0.1) is 25.3 Å². The lowest BCUT2D eigenvalue weighted by Gasteiger charge is -2.31. The largest absolute Gasteiger partial charge is 0.493 e. The van der Waals surface area contributed by atoms with Crippen LogP contribution in [-0.2, 0) is 12.0 Å². The molecule has 176 valence electrons. The van der Waals surface area contributed by atoms with Gasteiger partial charge in [-0.25, -0.2) is 4.68 Å². The summed E-state index contributed by atoms with van der Waals surface area (Å²) in [5.41, 5.74) is 3.00. The van der Waals surface area contributed by atoms with Crippen molar-refractivity contribution in [3.8, 4) is 11.5 Å². The Balaban J connectivity index is 1.75. The van der Waals surface area contributed by atoms with Gasteiger partial charge in [-0.15, -0.1) is 5.10 Å². The van der Waals surface area contributed by atoms with E-state index in [1.54, 1.807) is 25.0 Å². The summed E-state index contributed by atoms with van der Waals surface area (Å²) in [5.74, 6) is 1.77. The lowest BCUT2D eigenvalue weighted by atomic mass is 10.0. The van der Waals surface area contributed by atoms with Crippen molar-refractivity contribution in [2.45, 2.75) is 38.8 Å². The number of tetrazole rings is 1. The Labute approximate surface area is 197 Å². The van der Waals surface area contributed by atoms with Crippen LogP contribution in [0.1, 0.15) is 43.8 Å². The summed E-state index contributed by atoms with van der Waals surface area (Å²) in [6, 6.07) is 13.4. The molecule has 5 rings (SSSR count). The van der Waals surface area contributed by atoms with Gasteiger partial charge in [0, 0.05) is 29.2 Å². The first-order valence-corrected chi connectivity index (χ1v) is 11.2. The average molecular weight is 461 g/mol. The van der Waals surface area contributed by atoms with Crippen LogP contribution in [-0.4, -0.2) is 46.0 Å². The van der Waals surface area contributed by atoms with Gasteiger partial charge >= 0.3 is 0 Å². The Hall–Kier alpha value is -3.88. The summed E-state index contributed by atoms with van der Waals surface area (Å²) in [7, 11) is 3.17. The Kier molecular flexibility index (Phi) is 5.27. The fraction of sp³-hybridized carbons (Fsp3) is 0.360. The van der Waals surface area contributed by atoms with Crippen LogP contribution in [0.4, 0.5) is 5.69 Å². The molecule has 0 saturated carbocycles. The molecule has 9 nitrogen and oxygen atoms in total. The molecule has 0 unspecified atom stereocenters. The predicted octanol–water partition coefficient (Wildman–Crippen LogP) is 3.44. The minimum absolute atomic E-state index is 0.197. The number of rotatable bonds is 5. The molecule has 1 aliphatic rings. The molecule has 1 atom stereocenters. The summed E-state index contributed by atoms with van der Waals surface area (Å²) in [6.07, 6.45) is 0.889. The van der Waals surface area contributed by atoms with Crippen LogP contribution in [0.15, 0.2) is 47.3 Å². The summed E-state index contributed by atoms with van der Waals surface area (Å²) in [6.45, 7) is 6.89. The maximum Gasteiger partial charge on any atom is 0.254 e. The Morgan fingerprint density at radius 1 is 1.06 bits per heavy atom. The number of ether oxygens (including phenoxy) is 2. The third kappa shape index (κ3) is 3.57. The van der Waals surface area contributed by atoms with Crippen LogP contribution < -0.4 is 19.9 Å². The van der Waals surface area contributed by atoms with E-state index in [0.29, 0.717) is 28.4 Å². The molecule has 0 amide bonds. The van der Waals surface area contributed by atoms with Gasteiger partial charge in [-0.1, -0.05) is 18.2 Å². The van der Waals surface area contributed by atoms with E-state index in [0.717, 1.165) is 24.0 Å². The number of nitrogens with one attached hydrogen (secondary N) is 1. The number of aromatic nitrogens is 5. The van der Waals surface area contributed by atoms with Gasteiger partial charge in [0.15, 0.2) is 17.3 Å². The molecule has 2 aromatic carbocycles. The van der Waals surface area contributed by atoms with Gasteiger partial charge < -0.3 is 19.4 Å². The normalized spacial score (nSPS) is 14.3. The van der Waals surface area contributed by atoms with Crippen molar-refractivity contribution in [1.82, 2.24) is 25.2 Å². The number of fused-ring (bicyclic) bond motifs is 2. The zero-order chi connectivity index (χ0) is 24.0. The van der Waals surface area contributed by atoms with Gasteiger partial charge in [-0.2, -0.15) is 0 Å². The van der Waals surface area contributed by atoms with Crippen LogP contribution in [0, 0.1) is 0 Å². The average Bonchev–Trinajstić information content (AvgIpc) is 3.47. The van der Waals surface area contributed by atoms with Gasteiger partial charge in [0.2, 0.25) is 0 Å². The number of pyridine rings is 1. The summed E-state index contributed by atoms with van der Waals surface area (Å²) < 4.78 is 12.7. The van der Waals surface area contributed by atoms with Crippen LogP contribution >= 0.6 is 0 Å². The van der Waals surface area contributed by atoms with Gasteiger partial charge in [0.1, 0.15) is 6.04 Å². The quantitative estimate of drug-likeness (QED) is 0.487. The Morgan fingerprint density at radius 2 is 1.79 bits per heavy atom. The van der Waals surface area contributed by atoms with Gasteiger partial charge in [0.25, 0.3) is 5.56 Å². The number of methoxy groups -OCH3 is 2. The van der Waals surface area contributed by atoms with Gasteiger partial charge in [-0.3, -0.25) is 4.79 Å². The molecular formula is C25H28N6O3. The third-order valence-electron chi connectivity index (χ3n) is 6.28. The number of anilines is 1. The lowest BCUT2D eigenvalue weighted by Crippen LogP contribution is -2.37. The van der Waals surface area contributed by atoms with E-state index in [1.807, 2.05) is 45.0 Å². The molecule has 1 aliphatic heterocycles. The zero-order valence-electron chi connectivity index (χ0n) is 20.0. The third-order valence-corrected chi connectivity index (χ3v) is 6.28. The molecule has 2 aromatic heterocycles. The van der Waals surface area contributed by atoms with Crippen molar-refractivity contribution in [3.05, 3.63) is 69.8 Å². The minimum Gasteiger partial charge on any atom is -0.493 e. The standard InChI is InChI=1S/C25H28N6O3/c1-25(2,3)31-23(27-28-29-31)22(30-11-10-15-8-6-7-9-19(15)30)17-12-16-13-20(33-4)21(34-5)14-18(16)26-24(17)32/h6-9,12-14,22H,10-11H2,1-5H3,(H,26,32)/t22-/m1/s1. The molecule has 9 heteroatoms. The summed E-state index contributed by atoms with van der Waals surface area (Å²) in [5, 5.41) is 13.5. The maximum absolute atomic E-state index is 13.5. The van der Waals surface area contributed by atoms with E-state index in [2.05, 4.69) is 37.5 Å². The van der Waals surface area contributed by atoms with Gasteiger partial charge in [-0.05, 0) is 61.4 Å². The first kappa shape index (κ1) is 21.9. The second kappa shape index (κ2) is 8.16. The predicted molar refractivity (Wildman–Crippen MR) is 130 cm³/mol. The first-order valence-electron chi connectivity index (χ1n) is 11.2. The number of hydrogen-bond acceptors (Lipinski definition) is 7. The number of benzene rings is 2. The van der Waals surface area contributed by atoms with Crippen LogP contribution in [0.2, 0.25) is 0 Å². The Morgan fingerprint density at radius 3 is 2.53 bits per heavy atom. The highest BCUT2D eigenvalue weighted by atomic mass is 16.5. The Bertz CT molecular complexity index is 1420. The molecule has 0 radical (unpaired) electrons. The van der Waals surface area contributed by atoms with E-state index in [4.69, 9.17) is 9.47 Å². The number of aromatic amines is 1. The molecule has 0 bridgehead atoms. The van der Waals surface area contributed by atoms with E-state index in [1.165, 1.54) is 5.56 Å². The molecule has 3 heterocycles. The number of H-pyrrole nitrogens is 1. The van der Waals surface area contributed by atoms with E-state index in [9.17, 15) is 4.79 Å². The van der Waals surface area contributed by atoms with Crippen molar-refractivity contribution in [1.29, 1.82) is 0 Å². The SMILES string of the molecule is COc1cc2cc([C@H](c3nnnn3C(C)(C)C)N3CCc4ccccc43)c(=O)[nH]c2cc1OC. The van der Waals surface area contributed by atoms with E-state index < -0.39 is 6.04 Å². The van der Waals surface area contributed by atoms with Crippen molar-refractivity contribution in [3.63, 3.8) is 0 Å². The van der Waals surface area contributed by atoms with Crippen LogP contribution in [0.25, 0.3) is 10.9 Å². The minimum atomic E-state index is -0.473. The summed E-state index contributed by atoms with van der Waals surface area (Å²) >= 11 is 0. The van der Waals surface area contributed by atoms with Crippen molar-refractivity contribution in [2.75, 3.05) is 25.7 Å². The van der Waals surface area contributed by atoms with Crippen molar-refractivity contribution < 1.29 is 9.47 Å². The summed E-state index contributed by atoms with van der Waals surface area (Å²) in [4.78, 5) is 18.8. The highest BCUT2D eigenvalue weighted by molar-refractivity contribution is 5.83. The maximum atomic E-state index is 13.5. The lowest BCUT2D eigenvalue weighted by molar-refractivity contribution is 0.329. The number of hydrogen-bond donors (Lipinski definition) is 1. The fourth-order valence-corrected chi connectivity index (χ4v) is 4.67. The fourth-order valence-electron chi connectivity index (χ4n) is 4.67. The zero-order valence-corrected chi connectivity index (χ0v) is 20.0. The first-order chi connectivity index (χ1) is 16.3. The van der Waals surface area contributed by atoms with Crippen LogP contribution in [0.3, 0.4) is 0 Å². The number of nitrogens with zero attached hydrogens (tertiary/aromatic N) is 5. The molecule has 34 heavy (non-hydrogen) atoms.